The average Bonchev–Trinajstić information content (AvgIpc) is 2.52. The number of alkyl carbamates (subject to hydrolysis) is 1. The van der Waals surface area contributed by atoms with Gasteiger partial charge in [-0.3, -0.25) is 0 Å². The number of nitrogens with one attached hydrogen (secondary N) is 1. The molecule has 1 amide bonds. The van der Waals surface area contributed by atoms with E-state index in [2.05, 4.69) is 5.32 Å². The van der Waals surface area contributed by atoms with E-state index >= 15 is 0 Å². The predicted octanol–water partition coefficient (Wildman–Crippen LogP) is 4.57. The molecule has 5 nitrogen and oxygen atoms in total. The minimum atomic E-state index is -3.37. The van der Waals surface area contributed by atoms with Gasteiger partial charge in [-0.15, -0.1) is 0 Å². The minimum Gasteiger partial charge on any atom is -0.444 e. The second-order valence-corrected chi connectivity index (χ2v) is 9.65. The number of amides is 1. The number of hydrogen-bond acceptors (Lipinski definition) is 4. The van der Waals surface area contributed by atoms with Gasteiger partial charge in [0.05, 0.1) is 10.6 Å². The summed E-state index contributed by atoms with van der Waals surface area (Å²) >= 11 is 5.95. The molecular weight excluding hydrogens is 374 g/mol. The fourth-order valence-electron chi connectivity index (χ4n) is 2.43. The standard InChI is InChI=1S/C19H24ClNO4S/c1-19(2,3)25-18(22)21-10-4-5-11-26(23,24)17-9-7-14-12-16(20)8-6-15(14)13-17/h6-9,12-13H,4-5,10-11H2,1-3H3,(H,21,22). The van der Waals surface area contributed by atoms with Crippen LogP contribution in [0.2, 0.25) is 5.02 Å². The molecule has 0 fully saturated rings. The van der Waals surface area contributed by atoms with Crippen LogP contribution >= 0.6 is 11.6 Å². The van der Waals surface area contributed by atoms with Gasteiger partial charge in [0.2, 0.25) is 0 Å². The summed E-state index contributed by atoms with van der Waals surface area (Å²) in [5.41, 5.74) is -0.548. The molecule has 0 saturated heterocycles. The molecule has 0 atom stereocenters. The van der Waals surface area contributed by atoms with E-state index in [1.807, 2.05) is 0 Å². The number of sulfone groups is 1. The molecule has 0 aliphatic carbocycles. The minimum absolute atomic E-state index is 0.0299. The summed E-state index contributed by atoms with van der Waals surface area (Å²) in [6, 6.07) is 10.4. The monoisotopic (exact) mass is 397 g/mol. The average molecular weight is 398 g/mol. The Morgan fingerprint density at radius 3 is 2.42 bits per heavy atom. The molecule has 0 aliphatic heterocycles. The van der Waals surface area contributed by atoms with Crippen LogP contribution in [0.5, 0.6) is 0 Å². The Morgan fingerprint density at radius 2 is 1.73 bits per heavy atom. The maximum absolute atomic E-state index is 12.5. The zero-order chi connectivity index (χ0) is 19.4. The van der Waals surface area contributed by atoms with E-state index in [-0.39, 0.29) is 5.75 Å². The Morgan fingerprint density at radius 1 is 1.08 bits per heavy atom. The van der Waals surface area contributed by atoms with Gasteiger partial charge in [0, 0.05) is 11.6 Å². The number of halogens is 1. The normalized spacial score (nSPS) is 12.2. The van der Waals surface area contributed by atoms with Crippen molar-refractivity contribution in [3.8, 4) is 0 Å². The van der Waals surface area contributed by atoms with E-state index in [9.17, 15) is 13.2 Å². The van der Waals surface area contributed by atoms with Crippen LogP contribution in [0.3, 0.4) is 0 Å². The van der Waals surface area contributed by atoms with Crippen LogP contribution < -0.4 is 5.32 Å². The Bertz CT molecular complexity index is 888. The van der Waals surface area contributed by atoms with Gasteiger partial charge in [0.15, 0.2) is 9.84 Å². The van der Waals surface area contributed by atoms with E-state index in [1.165, 1.54) is 0 Å². The molecule has 0 bridgehead atoms. The van der Waals surface area contributed by atoms with E-state index in [4.69, 9.17) is 16.3 Å². The van der Waals surface area contributed by atoms with Crippen molar-refractivity contribution in [2.75, 3.05) is 12.3 Å². The number of hydrogen-bond donors (Lipinski definition) is 1. The van der Waals surface area contributed by atoms with Crippen molar-refractivity contribution in [1.82, 2.24) is 5.32 Å². The van der Waals surface area contributed by atoms with Crippen molar-refractivity contribution in [1.29, 1.82) is 0 Å². The number of rotatable bonds is 6. The molecule has 1 N–H and O–H groups in total. The summed E-state index contributed by atoms with van der Waals surface area (Å²) < 4.78 is 30.1. The maximum Gasteiger partial charge on any atom is 0.407 e. The number of benzene rings is 2. The van der Waals surface area contributed by atoms with Crippen molar-refractivity contribution in [2.24, 2.45) is 0 Å². The molecule has 7 heteroatoms. The zero-order valence-corrected chi connectivity index (χ0v) is 16.8. The molecule has 0 radical (unpaired) electrons. The third kappa shape index (κ3) is 6.18. The van der Waals surface area contributed by atoms with Crippen molar-refractivity contribution < 1.29 is 17.9 Å². The van der Waals surface area contributed by atoms with E-state index in [0.29, 0.717) is 29.3 Å². The Hall–Kier alpha value is -1.79. The number of ether oxygens (including phenoxy) is 1. The van der Waals surface area contributed by atoms with Crippen LogP contribution in [0.15, 0.2) is 41.3 Å². The molecule has 2 aromatic rings. The van der Waals surface area contributed by atoms with Crippen molar-refractivity contribution in [2.45, 2.75) is 44.1 Å². The van der Waals surface area contributed by atoms with Crippen LogP contribution in [-0.2, 0) is 14.6 Å². The lowest BCUT2D eigenvalue weighted by atomic mass is 10.1. The van der Waals surface area contributed by atoms with Gasteiger partial charge in [-0.25, -0.2) is 13.2 Å². The fourth-order valence-corrected chi connectivity index (χ4v) is 4.01. The lowest BCUT2D eigenvalue weighted by Gasteiger charge is -2.19. The van der Waals surface area contributed by atoms with Crippen LogP contribution in [0.4, 0.5) is 4.79 Å². The lowest BCUT2D eigenvalue weighted by Crippen LogP contribution is -2.33. The summed E-state index contributed by atoms with van der Waals surface area (Å²) in [7, 11) is -3.37. The van der Waals surface area contributed by atoms with Crippen molar-refractivity contribution in [3.63, 3.8) is 0 Å². The number of carbonyl (C=O) groups excluding carboxylic acids is 1. The molecule has 142 valence electrons. The Kier molecular flexibility index (Phi) is 6.53. The largest absolute Gasteiger partial charge is 0.444 e. The molecule has 0 heterocycles. The summed E-state index contributed by atoms with van der Waals surface area (Å²) in [5, 5.41) is 4.98. The van der Waals surface area contributed by atoms with Gasteiger partial charge < -0.3 is 10.1 Å². The Balaban J connectivity index is 1.87. The summed E-state index contributed by atoms with van der Waals surface area (Å²) in [6.45, 7) is 5.74. The maximum atomic E-state index is 12.5. The van der Waals surface area contributed by atoms with E-state index in [1.54, 1.807) is 57.2 Å². The highest BCUT2D eigenvalue weighted by Gasteiger charge is 2.17. The summed E-state index contributed by atoms with van der Waals surface area (Å²) in [6.07, 6.45) is 0.520. The van der Waals surface area contributed by atoms with Gasteiger partial charge in [-0.05, 0) is 68.7 Å². The first-order valence-corrected chi connectivity index (χ1v) is 10.5. The molecule has 0 spiro atoms. The van der Waals surface area contributed by atoms with Gasteiger partial charge >= 0.3 is 6.09 Å². The second kappa shape index (κ2) is 8.27. The molecule has 0 aliphatic rings. The van der Waals surface area contributed by atoms with Gasteiger partial charge in [-0.1, -0.05) is 23.7 Å². The number of unbranched alkanes of at least 4 members (excludes halogenated alkanes) is 1. The summed E-state index contributed by atoms with van der Waals surface area (Å²) in [4.78, 5) is 11.8. The first-order chi connectivity index (χ1) is 12.1. The molecule has 2 rings (SSSR count). The van der Waals surface area contributed by atoms with Gasteiger partial charge in [0.1, 0.15) is 5.60 Å². The highest BCUT2D eigenvalue weighted by molar-refractivity contribution is 7.91. The SMILES string of the molecule is CC(C)(C)OC(=O)NCCCCS(=O)(=O)c1ccc2cc(Cl)ccc2c1. The zero-order valence-electron chi connectivity index (χ0n) is 15.2. The smallest absolute Gasteiger partial charge is 0.407 e. The van der Waals surface area contributed by atoms with Crippen LogP contribution in [0.25, 0.3) is 10.8 Å². The van der Waals surface area contributed by atoms with Crippen molar-refractivity contribution in [3.05, 3.63) is 41.4 Å². The number of carbonyl (C=O) groups is 1. The first kappa shape index (κ1) is 20.5. The van der Waals surface area contributed by atoms with Crippen LogP contribution in [0.1, 0.15) is 33.6 Å². The quantitative estimate of drug-likeness (QED) is 0.724. The predicted molar refractivity (Wildman–Crippen MR) is 104 cm³/mol. The third-order valence-electron chi connectivity index (χ3n) is 3.64. The highest BCUT2D eigenvalue weighted by atomic mass is 35.5. The molecule has 0 saturated carbocycles. The molecular formula is C19H24ClNO4S. The fraction of sp³-hybridized carbons (Fsp3) is 0.421. The molecule has 26 heavy (non-hydrogen) atoms. The highest BCUT2D eigenvalue weighted by Crippen LogP contribution is 2.23. The molecule has 0 aromatic heterocycles. The first-order valence-electron chi connectivity index (χ1n) is 8.46. The molecule has 0 unspecified atom stereocenters. The second-order valence-electron chi connectivity index (χ2n) is 7.11. The Labute approximate surface area is 159 Å². The topological polar surface area (TPSA) is 72.5 Å². The summed E-state index contributed by atoms with van der Waals surface area (Å²) in [5.74, 6) is 0.0299. The lowest BCUT2D eigenvalue weighted by molar-refractivity contribution is 0.0527. The van der Waals surface area contributed by atoms with Crippen LogP contribution in [-0.4, -0.2) is 32.4 Å². The van der Waals surface area contributed by atoms with Crippen molar-refractivity contribution >= 4 is 38.3 Å². The number of fused-ring (bicyclic) bond motifs is 1. The van der Waals surface area contributed by atoms with Gasteiger partial charge in [-0.2, -0.15) is 0 Å². The molecule has 2 aromatic carbocycles. The van der Waals surface area contributed by atoms with Crippen LogP contribution in [0, 0.1) is 0 Å². The van der Waals surface area contributed by atoms with Gasteiger partial charge in [0.25, 0.3) is 0 Å². The van der Waals surface area contributed by atoms with E-state index in [0.717, 1.165) is 10.8 Å². The van der Waals surface area contributed by atoms with E-state index < -0.39 is 21.5 Å². The third-order valence-corrected chi connectivity index (χ3v) is 5.67.